The van der Waals surface area contributed by atoms with Crippen LogP contribution in [0.15, 0.2) is 23.3 Å². The van der Waals surface area contributed by atoms with Crippen LogP contribution in [-0.4, -0.2) is 6.29 Å². The van der Waals surface area contributed by atoms with Crippen LogP contribution in [0.25, 0.3) is 0 Å². The molecule has 0 unspecified atom stereocenters. The highest BCUT2D eigenvalue weighted by Gasteiger charge is 1.90. The van der Waals surface area contributed by atoms with Crippen molar-refractivity contribution >= 4 is 6.29 Å². The molecule has 0 aromatic heterocycles. The first-order valence-corrected chi connectivity index (χ1v) is 3.94. The Morgan fingerprint density at radius 2 is 2.00 bits per heavy atom. The van der Waals surface area contributed by atoms with Crippen LogP contribution in [0.3, 0.4) is 0 Å². The van der Waals surface area contributed by atoms with Gasteiger partial charge in [-0.15, -0.1) is 0 Å². The largest absolute Gasteiger partial charge is 0.298 e. The third kappa shape index (κ3) is 5.59. The number of rotatable bonds is 4. The monoisotopic (exact) mass is 152 g/mol. The van der Waals surface area contributed by atoms with E-state index in [0.717, 1.165) is 24.7 Å². The van der Waals surface area contributed by atoms with Gasteiger partial charge in [-0.25, -0.2) is 0 Å². The van der Waals surface area contributed by atoms with Gasteiger partial charge in [0.25, 0.3) is 0 Å². The maximum Gasteiger partial charge on any atom is 0.145 e. The van der Waals surface area contributed by atoms with Gasteiger partial charge in [-0.3, -0.25) is 4.79 Å². The summed E-state index contributed by atoms with van der Waals surface area (Å²) in [5.74, 6) is 0. The molecule has 62 valence electrons. The molecule has 0 aliphatic rings. The van der Waals surface area contributed by atoms with Crippen molar-refractivity contribution in [1.29, 1.82) is 0 Å². The van der Waals surface area contributed by atoms with Crippen LogP contribution in [0, 0.1) is 0 Å². The number of hydrogen-bond donors (Lipinski definition) is 0. The molecule has 0 amide bonds. The van der Waals surface area contributed by atoms with Gasteiger partial charge in [0.15, 0.2) is 0 Å². The zero-order valence-corrected chi connectivity index (χ0v) is 7.55. The van der Waals surface area contributed by atoms with Gasteiger partial charge in [0.1, 0.15) is 6.29 Å². The summed E-state index contributed by atoms with van der Waals surface area (Å²) in [6.07, 6.45) is 6.78. The van der Waals surface area contributed by atoms with Crippen molar-refractivity contribution in [2.24, 2.45) is 0 Å². The van der Waals surface area contributed by atoms with E-state index in [0.29, 0.717) is 0 Å². The lowest BCUT2D eigenvalue weighted by atomic mass is 10.1. The average molecular weight is 152 g/mol. The van der Waals surface area contributed by atoms with Crippen molar-refractivity contribution in [3.8, 4) is 0 Å². The second kappa shape index (κ2) is 5.90. The van der Waals surface area contributed by atoms with Gasteiger partial charge < -0.3 is 0 Å². The average Bonchev–Trinajstić information content (AvgIpc) is 1.98. The third-order valence-electron chi connectivity index (χ3n) is 1.51. The second-order valence-electron chi connectivity index (χ2n) is 2.80. The molecule has 0 aromatic carbocycles. The Labute approximate surface area is 68.8 Å². The summed E-state index contributed by atoms with van der Waals surface area (Å²) in [5.41, 5.74) is 2.20. The fourth-order valence-corrected chi connectivity index (χ4v) is 0.799. The summed E-state index contributed by atoms with van der Waals surface area (Å²) < 4.78 is 0. The van der Waals surface area contributed by atoms with E-state index >= 15 is 0 Å². The quantitative estimate of drug-likeness (QED) is 0.344. The molecule has 0 bridgehead atoms. The molecule has 0 atom stereocenters. The maximum absolute atomic E-state index is 10.3. The topological polar surface area (TPSA) is 17.1 Å². The Bertz CT molecular complexity index is 171. The Kier molecular flexibility index (Phi) is 5.44. The van der Waals surface area contributed by atoms with Crippen LogP contribution < -0.4 is 0 Å². The first-order chi connectivity index (χ1) is 5.20. The van der Waals surface area contributed by atoms with E-state index in [1.807, 2.05) is 13.0 Å². The molecule has 1 heteroatoms. The molecule has 0 rings (SSSR count). The van der Waals surface area contributed by atoms with E-state index in [1.165, 1.54) is 5.57 Å². The van der Waals surface area contributed by atoms with Crippen molar-refractivity contribution in [3.63, 3.8) is 0 Å². The van der Waals surface area contributed by atoms with E-state index in [4.69, 9.17) is 0 Å². The van der Waals surface area contributed by atoms with Crippen LogP contribution in [0.4, 0.5) is 0 Å². The molecule has 0 saturated carbocycles. The van der Waals surface area contributed by atoms with Gasteiger partial charge in [0.05, 0.1) is 0 Å². The van der Waals surface area contributed by atoms with Crippen molar-refractivity contribution in [1.82, 2.24) is 0 Å². The predicted molar refractivity (Wildman–Crippen MR) is 48.5 cm³/mol. The minimum Gasteiger partial charge on any atom is -0.298 e. The van der Waals surface area contributed by atoms with Crippen molar-refractivity contribution < 1.29 is 4.79 Å². The van der Waals surface area contributed by atoms with E-state index < -0.39 is 0 Å². The summed E-state index contributed by atoms with van der Waals surface area (Å²) in [4.78, 5) is 10.3. The SMILES string of the molecule is C/C=C(/C=O)CCC=C(C)C. The Morgan fingerprint density at radius 1 is 1.36 bits per heavy atom. The highest BCUT2D eigenvalue weighted by molar-refractivity contribution is 5.72. The van der Waals surface area contributed by atoms with Gasteiger partial charge in [-0.2, -0.15) is 0 Å². The second-order valence-corrected chi connectivity index (χ2v) is 2.80. The number of hydrogen-bond acceptors (Lipinski definition) is 1. The van der Waals surface area contributed by atoms with Crippen LogP contribution >= 0.6 is 0 Å². The summed E-state index contributed by atoms with van der Waals surface area (Å²) in [5, 5.41) is 0. The summed E-state index contributed by atoms with van der Waals surface area (Å²) in [6, 6.07) is 0. The first-order valence-electron chi connectivity index (χ1n) is 3.94. The van der Waals surface area contributed by atoms with Gasteiger partial charge >= 0.3 is 0 Å². The van der Waals surface area contributed by atoms with Gasteiger partial charge in [0.2, 0.25) is 0 Å². The number of carbonyl (C=O) groups excluding carboxylic acids is 1. The normalized spacial score (nSPS) is 11.0. The molecular formula is C10H16O. The summed E-state index contributed by atoms with van der Waals surface area (Å²) in [6.45, 7) is 6.03. The molecule has 0 heterocycles. The predicted octanol–water partition coefficient (Wildman–Crippen LogP) is 2.88. The molecule has 0 N–H and O–H groups in total. The maximum atomic E-state index is 10.3. The minimum absolute atomic E-state index is 0.866. The highest BCUT2D eigenvalue weighted by Crippen LogP contribution is 2.04. The Hall–Kier alpha value is -0.850. The molecule has 0 aromatic rings. The molecule has 11 heavy (non-hydrogen) atoms. The van der Waals surface area contributed by atoms with Gasteiger partial charge in [-0.1, -0.05) is 17.7 Å². The van der Waals surface area contributed by atoms with E-state index in [2.05, 4.69) is 19.9 Å². The number of carbonyl (C=O) groups is 1. The van der Waals surface area contributed by atoms with Crippen LogP contribution in [0.1, 0.15) is 33.6 Å². The molecule has 0 fully saturated rings. The zero-order valence-electron chi connectivity index (χ0n) is 7.55. The van der Waals surface area contributed by atoms with E-state index in [1.54, 1.807) is 0 Å². The third-order valence-corrected chi connectivity index (χ3v) is 1.51. The molecule has 0 aliphatic carbocycles. The molecule has 1 nitrogen and oxygen atoms in total. The number of aldehydes is 1. The van der Waals surface area contributed by atoms with Crippen molar-refractivity contribution in [2.45, 2.75) is 33.6 Å². The van der Waals surface area contributed by atoms with Crippen LogP contribution in [-0.2, 0) is 4.79 Å². The lowest BCUT2D eigenvalue weighted by Crippen LogP contribution is -1.82. The first kappa shape index (κ1) is 10.2. The molecule has 0 aliphatic heterocycles. The van der Waals surface area contributed by atoms with E-state index in [-0.39, 0.29) is 0 Å². The van der Waals surface area contributed by atoms with Crippen molar-refractivity contribution in [2.75, 3.05) is 0 Å². The lowest BCUT2D eigenvalue weighted by molar-refractivity contribution is -0.105. The highest BCUT2D eigenvalue weighted by atomic mass is 16.1. The fraction of sp³-hybridized carbons (Fsp3) is 0.500. The number of allylic oxidation sites excluding steroid dienone is 4. The molecule has 0 spiro atoms. The van der Waals surface area contributed by atoms with Gasteiger partial charge in [-0.05, 0) is 39.2 Å². The zero-order chi connectivity index (χ0) is 8.69. The van der Waals surface area contributed by atoms with Crippen LogP contribution in [0.2, 0.25) is 0 Å². The Balaban J connectivity index is 3.70. The minimum atomic E-state index is 0.866. The lowest BCUT2D eigenvalue weighted by Gasteiger charge is -1.94. The Morgan fingerprint density at radius 3 is 2.36 bits per heavy atom. The standard InChI is InChI=1S/C10H16O/c1-4-10(8-11)7-5-6-9(2)3/h4,6,8H,5,7H2,1-3H3/b10-4+. The summed E-state index contributed by atoms with van der Waals surface area (Å²) >= 11 is 0. The van der Waals surface area contributed by atoms with Crippen molar-refractivity contribution in [3.05, 3.63) is 23.3 Å². The van der Waals surface area contributed by atoms with Gasteiger partial charge in [0, 0.05) is 0 Å². The van der Waals surface area contributed by atoms with Crippen LogP contribution in [0.5, 0.6) is 0 Å². The van der Waals surface area contributed by atoms with E-state index in [9.17, 15) is 4.79 Å². The summed E-state index contributed by atoms with van der Waals surface area (Å²) in [7, 11) is 0. The molecular weight excluding hydrogens is 136 g/mol. The molecule has 0 saturated heterocycles. The smallest absolute Gasteiger partial charge is 0.145 e. The molecule has 0 radical (unpaired) electrons. The fourth-order valence-electron chi connectivity index (χ4n) is 0.799.